The van der Waals surface area contributed by atoms with Gasteiger partial charge in [-0.3, -0.25) is 9.10 Å². The van der Waals surface area contributed by atoms with Crippen molar-refractivity contribution in [3.05, 3.63) is 82.4 Å². The van der Waals surface area contributed by atoms with Crippen molar-refractivity contribution >= 4 is 39.2 Å². The zero-order chi connectivity index (χ0) is 35.2. The van der Waals surface area contributed by atoms with Crippen LogP contribution in [0.15, 0.2) is 60.7 Å². The minimum atomic E-state index is -3.71. The summed E-state index contributed by atoms with van der Waals surface area (Å²) in [5.74, 6) is 1.60. The van der Waals surface area contributed by atoms with Crippen molar-refractivity contribution in [2.45, 2.75) is 77.3 Å². The van der Waals surface area contributed by atoms with E-state index in [1.165, 1.54) is 18.7 Å². The number of aliphatic hydroxyl groups excluding tert-OH is 1. The maximum Gasteiger partial charge on any atom is 0.251 e. The number of rotatable bonds is 16. The molecule has 1 fully saturated rings. The molecule has 1 aliphatic carbocycles. The summed E-state index contributed by atoms with van der Waals surface area (Å²) in [7, 11) is -2.28. The van der Waals surface area contributed by atoms with Gasteiger partial charge >= 0.3 is 0 Å². The third-order valence-corrected chi connectivity index (χ3v) is 11.1. The Morgan fingerprint density at radius 1 is 1.12 bits per heavy atom. The predicted molar refractivity (Wildman–Crippen MR) is 194 cm³/mol. The number of carbonyl (C=O) groups is 1. The number of nitrogens with zero attached hydrogens (tertiary/aromatic N) is 2. The van der Waals surface area contributed by atoms with Gasteiger partial charge in [0.1, 0.15) is 24.0 Å². The lowest BCUT2D eigenvalue weighted by atomic mass is 9.86. The van der Waals surface area contributed by atoms with Crippen molar-refractivity contribution in [1.29, 1.82) is 0 Å². The van der Waals surface area contributed by atoms with Gasteiger partial charge in [0.05, 0.1) is 17.4 Å². The highest BCUT2D eigenvalue weighted by Crippen LogP contribution is 2.37. The third kappa shape index (κ3) is 10.3. The van der Waals surface area contributed by atoms with E-state index in [0.717, 1.165) is 16.3 Å². The van der Waals surface area contributed by atoms with E-state index in [1.807, 2.05) is 12.1 Å². The maximum atomic E-state index is 13.8. The van der Waals surface area contributed by atoms with E-state index in [4.69, 9.17) is 16.3 Å². The van der Waals surface area contributed by atoms with Gasteiger partial charge in [0, 0.05) is 37.3 Å². The van der Waals surface area contributed by atoms with Crippen LogP contribution in [0.25, 0.3) is 0 Å². The Bertz CT molecular complexity index is 1660. The first-order chi connectivity index (χ1) is 22.5. The Balaban J connectivity index is 1.54. The molecule has 1 aliphatic rings. The fourth-order valence-corrected chi connectivity index (χ4v) is 6.33. The monoisotopic (exact) mass is 699 g/mol. The van der Waals surface area contributed by atoms with Gasteiger partial charge in [-0.2, -0.15) is 0 Å². The minimum absolute atomic E-state index is 0.00882. The summed E-state index contributed by atoms with van der Waals surface area (Å²) in [5, 5.41) is 20.7. The number of halogens is 1. The van der Waals surface area contributed by atoms with Gasteiger partial charge in [-0.1, -0.05) is 69.6 Å². The van der Waals surface area contributed by atoms with Crippen molar-refractivity contribution in [2.24, 2.45) is 11.8 Å². The van der Waals surface area contributed by atoms with Crippen LogP contribution in [0.5, 0.6) is 5.75 Å². The fraction of sp³-hybridized carbons (Fsp3) is 0.500. The Morgan fingerprint density at radius 2 is 1.83 bits per heavy atom. The molecule has 10 nitrogen and oxygen atoms in total. The average Bonchev–Trinajstić information content (AvgIpc) is 3.75. The highest BCUT2D eigenvalue weighted by molar-refractivity contribution is 7.93. The summed E-state index contributed by atoms with van der Waals surface area (Å²) < 4.78 is 33.1. The van der Waals surface area contributed by atoms with Crippen LogP contribution in [0.1, 0.15) is 69.4 Å². The first-order valence-electron chi connectivity index (χ1n) is 16.5. The van der Waals surface area contributed by atoms with E-state index in [2.05, 4.69) is 60.8 Å². The Labute approximate surface area is 290 Å². The van der Waals surface area contributed by atoms with Crippen LogP contribution in [0.3, 0.4) is 0 Å². The molecule has 1 heterocycles. The summed E-state index contributed by atoms with van der Waals surface area (Å²) in [6.07, 6.45) is 0.0717. The second kappa shape index (κ2) is 15.9. The van der Waals surface area contributed by atoms with Crippen LogP contribution in [0.4, 0.5) is 11.6 Å². The third-order valence-electron chi connectivity index (χ3n) is 8.68. The number of amides is 1. The van der Waals surface area contributed by atoms with Gasteiger partial charge in [0.2, 0.25) is 10.0 Å². The summed E-state index contributed by atoms with van der Waals surface area (Å²) in [4.78, 5) is 18.4. The number of sulfonamides is 1. The molecular weight excluding hydrogens is 650 g/mol. The lowest BCUT2D eigenvalue weighted by Gasteiger charge is -2.26. The Hall–Kier alpha value is -3.38. The number of hydrogen-bond donors (Lipinski definition) is 4. The van der Waals surface area contributed by atoms with E-state index < -0.39 is 33.3 Å². The van der Waals surface area contributed by atoms with E-state index >= 15 is 0 Å². The summed E-state index contributed by atoms with van der Waals surface area (Å²) in [6.45, 7) is 13.2. The normalized spacial score (nSPS) is 17.5. The number of aromatic nitrogens is 1. The van der Waals surface area contributed by atoms with Gasteiger partial charge in [-0.05, 0) is 79.0 Å². The molecule has 1 amide bonds. The molecule has 1 saturated carbocycles. The second-order valence-electron chi connectivity index (χ2n) is 14.0. The van der Waals surface area contributed by atoms with Crippen LogP contribution in [0, 0.1) is 11.8 Å². The number of anilines is 2. The zero-order valence-corrected chi connectivity index (χ0v) is 30.5. The quantitative estimate of drug-likeness (QED) is 0.152. The molecule has 4 N–H and O–H groups in total. The predicted octanol–water partition coefficient (Wildman–Crippen LogP) is 5.60. The van der Waals surface area contributed by atoms with Gasteiger partial charge in [-0.15, -0.1) is 0 Å². The molecule has 0 bridgehead atoms. The number of benzene rings is 2. The van der Waals surface area contributed by atoms with Crippen molar-refractivity contribution in [3.63, 3.8) is 0 Å². The van der Waals surface area contributed by atoms with E-state index in [1.54, 1.807) is 44.2 Å². The topological polar surface area (TPSA) is 133 Å². The van der Waals surface area contributed by atoms with Gasteiger partial charge in [-0.25, -0.2) is 13.4 Å². The molecule has 4 atom stereocenters. The summed E-state index contributed by atoms with van der Waals surface area (Å²) in [6, 6.07) is 17.4. The van der Waals surface area contributed by atoms with Crippen LogP contribution < -0.4 is 25.0 Å². The van der Waals surface area contributed by atoms with Crippen molar-refractivity contribution in [2.75, 3.05) is 36.4 Å². The lowest BCUT2D eigenvalue weighted by molar-refractivity contribution is 0.0733. The second-order valence-corrected chi connectivity index (χ2v) is 17.0. The molecule has 0 spiro atoms. The first kappa shape index (κ1) is 37.4. The standard InChI is InChI=1S/C36H50ClN5O5S/c1-23(2)48(45,46)42(7)34-17-26(16-33(41-34)39-20-27-14-24(27)3)35(44)40-31(22-47-30-13-9-12-29(37)18-30)32(43)21-38-19-25-10-8-11-28(15-25)36(4,5)6/h8-13,15-18,23-24,27,31-32,38,43H,14,19-22H2,1-7H3,(H,39,41)(H,40,44)/t24-,27+,31-,32+/m0/s1. The highest BCUT2D eigenvalue weighted by Gasteiger charge is 2.32. The van der Waals surface area contributed by atoms with Crippen LogP contribution >= 0.6 is 11.6 Å². The summed E-state index contributed by atoms with van der Waals surface area (Å²) in [5.41, 5.74) is 2.50. The molecular formula is C36H50ClN5O5S. The van der Waals surface area contributed by atoms with Crippen molar-refractivity contribution < 1.29 is 23.1 Å². The van der Waals surface area contributed by atoms with Crippen LogP contribution in [-0.4, -0.2) is 68.6 Å². The van der Waals surface area contributed by atoms with Crippen LogP contribution in [0.2, 0.25) is 5.02 Å². The van der Waals surface area contributed by atoms with Gasteiger partial charge in [0.15, 0.2) is 0 Å². The number of nitrogens with one attached hydrogen (secondary N) is 3. The number of pyridine rings is 1. The lowest BCUT2D eigenvalue weighted by Crippen LogP contribution is -2.50. The van der Waals surface area contributed by atoms with E-state index in [9.17, 15) is 18.3 Å². The van der Waals surface area contributed by atoms with Crippen LogP contribution in [-0.2, 0) is 22.0 Å². The Morgan fingerprint density at radius 3 is 2.48 bits per heavy atom. The van der Waals surface area contributed by atoms with Crippen molar-refractivity contribution in [1.82, 2.24) is 15.6 Å². The maximum absolute atomic E-state index is 13.8. The number of aliphatic hydroxyl groups is 1. The fourth-order valence-electron chi connectivity index (χ4n) is 5.16. The smallest absolute Gasteiger partial charge is 0.251 e. The molecule has 0 unspecified atom stereocenters. The molecule has 4 rings (SSSR count). The minimum Gasteiger partial charge on any atom is -0.491 e. The molecule has 262 valence electrons. The highest BCUT2D eigenvalue weighted by atomic mass is 35.5. The van der Waals surface area contributed by atoms with Gasteiger partial charge in [0.25, 0.3) is 5.91 Å². The average molecular weight is 700 g/mol. The molecule has 48 heavy (non-hydrogen) atoms. The Kier molecular flexibility index (Phi) is 12.4. The number of carbonyl (C=O) groups excluding carboxylic acids is 1. The summed E-state index contributed by atoms with van der Waals surface area (Å²) >= 11 is 6.15. The molecule has 0 saturated heterocycles. The van der Waals surface area contributed by atoms with E-state index in [0.29, 0.717) is 41.5 Å². The molecule has 0 radical (unpaired) electrons. The number of hydrogen-bond acceptors (Lipinski definition) is 8. The first-order valence-corrected chi connectivity index (χ1v) is 18.3. The van der Waals surface area contributed by atoms with Crippen molar-refractivity contribution in [3.8, 4) is 5.75 Å². The molecule has 2 aromatic carbocycles. The zero-order valence-electron chi connectivity index (χ0n) is 29.0. The molecule has 12 heteroatoms. The van der Waals surface area contributed by atoms with E-state index in [-0.39, 0.29) is 29.9 Å². The number of ether oxygens (including phenoxy) is 1. The van der Waals surface area contributed by atoms with Gasteiger partial charge < -0.3 is 25.8 Å². The molecule has 3 aromatic rings. The SMILES string of the molecule is CC(C)S(=O)(=O)N(C)c1cc(C(=O)N[C@@H](COc2cccc(Cl)c2)[C@H](O)CNCc2cccc(C(C)(C)C)c2)cc(NC[C@H]2C[C@@H]2C)n1. The molecule has 0 aliphatic heterocycles. The largest absolute Gasteiger partial charge is 0.491 e. The molecule has 1 aromatic heterocycles.